The SMILES string of the molecule is COC(=O)CC(NC(=O)c1ccc(S(C)(=O)=O)cc1)c1cccc(Br)c1. The number of ether oxygens (including phenoxy) is 1. The number of nitrogens with one attached hydrogen (secondary N) is 1. The average molecular weight is 440 g/mol. The van der Waals surface area contributed by atoms with E-state index in [9.17, 15) is 18.0 Å². The predicted octanol–water partition coefficient (Wildman–Crippen LogP) is 2.89. The van der Waals surface area contributed by atoms with Crippen LogP contribution in [0.3, 0.4) is 0 Å². The van der Waals surface area contributed by atoms with E-state index in [1.165, 1.54) is 31.4 Å². The third kappa shape index (κ3) is 5.40. The number of methoxy groups -OCH3 is 1. The lowest BCUT2D eigenvalue weighted by molar-refractivity contribution is -0.141. The van der Waals surface area contributed by atoms with Crippen molar-refractivity contribution in [2.24, 2.45) is 0 Å². The monoisotopic (exact) mass is 439 g/mol. The van der Waals surface area contributed by atoms with Crippen LogP contribution in [0.4, 0.5) is 0 Å². The molecule has 2 aromatic carbocycles. The third-order valence-electron chi connectivity index (χ3n) is 3.70. The van der Waals surface area contributed by atoms with Crippen LogP contribution < -0.4 is 5.32 Å². The Morgan fingerprint density at radius 2 is 1.81 bits per heavy atom. The van der Waals surface area contributed by atoms with Gasteiger partial charge in [-0.3, -0.25) is 9.59 Å². The molecule has 0 saturated carbocycles. The van der Waals surface area contributed by atoms with Crippen molar-refractivity contribution in [3.05, 3.63) is 64.1 Å². The van der Waals surface area contributed by atoms with E-state index in [1.807, 2.05) is 6.07 Å². The number of carbonyl (C=O) groups excluding carboxylic acids is 2. The molecule has 2 aromatic rings. The average Bonchev–Trinajstić information content (AvgIpc) is 2.60. The molecule has 1 N–H and O–H groups in total. The first-order chi connectivity index (χ1) is 12.2. The molecule has 0 heterocycles. The number of rotatable bonds is 6. The van der Waals surface area contributed by atoms with Crippen LogP contribution in [0, 0.1) is 0 Å². The lowest BCUT2D eigenvalue weighted by atomic mass is 10.0. The largest absolute Gasteiger partial charge is 0.469 e. The first kappa shape index (κ1) is 20.1. The lowest BCUT2D eigenvalue weighted by Gasteiger charge is -2.18. The second-order valence-corrected chi connectivity index (χ2v) is 8.59. The topological polar surface area (TPSA) is 89.5 Å². The van der Waals surface area contributed by atoms with Crippen LogP contribution in [0.15, 0.2) is 57.9 Å². The van der Waals surface area contributed by atoms with Crippen LogP contribution in [0.1, 0.15) is 28.4 Å². The summed E-state index contributed by atoms with van der Waals surface area (Å²) in [5.74, 6) is -0.873. The van der Waals surface area contributed by atoms with Gasteiger partial charge in [-0.15, -0.1) is 0 Å². The zero-order valence-electron chi connectivity index (χ0n) is 14.2. The van der Waals surface area contributed by atoms with Gasteiger partial charge in [-0.2, -0.15) is 0 Å². The minimum Gasteiger partial charge on any atom is -0.469 e. The summed E-state index contributed by atoms with van der Waals surface area (Å²) in [5.41, 5.74) is 1.04. The van der Waals surface area contributed by atoms with E-state index in [4.69, 9.17) is 4.74 Å². The van der Waals surface area contributed by atoms with E-state index >= 15 is 0 Å². The quantitative estimate of drug-likeness (QED) is 0.698. The Balaban J connectivity index is 2.24. The van der Waals surface area contributed by atoms with Crippen molar-refractivity contribution in [3.8, 4) is 0 Å². The fraction of sp³-hybridized carbons (Fsp3) is 0.222. The molecular formula is C18H18BrNO5S. The van der Waals surface area contributed by atoms with Gasteiger partial charge in [0, 0.05) is 16.3 Å². The highest BCUT2D eigenvalue weighted by Crippen LogP contribution is 2.22. The number of halogens is 1. The van der Waals surface area contributed by atoms with Crippen LogP contribution in [0.2, 0.25) is 0 Å². The predicted molar refractivity (Wildman–Crippen MR) is 101 cm³/mol. The van der Waals surface area contributed by atoms with Gasteiger partial charge in [0.1, 0.15) is 0 Å². The molecule has 1 unspecified atom stereocenters. The summed E-state index contributed by atoms with van der Waals surface area (Å²) in [4.78, 5) is 24.4. The number of benzene rings is 2. The van der Waals surface area contributed by atoms with Crippen LogP contribution in [0.25, 0.3) is 0 Å². The Morgan fingerprint density at radius 3 is 2.35 bits per heavy atom. The van der Waals surface area contributed by atoms with Crippen molar-refractivity contribution in [2.45, 2.75) is 17.4 Å². The fourth-order valence-electron chi connectivity index (χ4n) is 2.32. The van der Waals surface area contributed by atoms with Gasteiger partial charge in [-0.1, -0.05) is 28.1 Å². The maximum absolute atomic E-state index is 12.5. The Kier molecular flexibility index (Phi) is 6.55. The molecule has 0 spiro atoms. The van der Waals surface area contributed by atoms with Crippen molar-refractivity contribution >= 4 is 37.6 Å². The smallest absolute Gasteiger partial charge is 0.307 e. The summed E-state index contributed by atoms with van der Waals surface area (Å²) in [6.07, 6.45) is 1.07. The summed E-state index contributed by atoms with van der Waals surface area (Å²) < 4.78 is 28.5. The highest BCUT2D eigenvalue weighted by Gasteiger charge is 2.20. The van der Waals surface area contributed by atoms with Gasteiger partial charge in [0.05, 0.1) is 24.5 Å². The number of carbonyl (C=O) groups is 2. The van der Waals surface area contributed by atoms with Crippen molar-refractivity contribution in [1.29, 1.82) is 0 Å². The number of hydrogen-bond acceptors (Lipinski definition) is 5. The number of esters is 1. The first-order valence-electron chi connectivity index (χ1n) is 7.64. The summed E-state index contributed by atoms with van der Waals surface area (Å²) in [6.45, 7) is 0. The Hall–Kier alpha value is -2.19. The summed E-state index contributed by atoms with van der Waals surface area (Å²) in [7, 11) is -2.05. The van der Waals surface area contributed by atoms with E-state index in [0.29, 0.717) is 5.56 Å². The Labute approximate surface area is 160 Å². The molecule has 6 nitrogen and oxygen atoms in total. The van der Waals surface area contributed by atoms with Crippen LogP contribution >= 0.6 is 15.9 Å². The van der Waals surface area contributed by atoms with Gasteiger partial charge in [-0.05, 0) is 42.0 Å². The summed E-state index contributed by atoms with van der Waals surface area (Å²) in [6, 6.07) is 12.3. The maximum atomic E-state index is 12.5. The second-order valence-electron chi connectivity index (χ2n) is 5.66. The zero-order valence-corrected chi connectivity index (χ0v) is 16.6. The van der Waals surface area contributed by atoms with Gasteiger partial charge in [0.2, 0.25) is 0 Å². The van der Waals surface area contributed by atoms with E-state index < -0.39 is 27.8 Å². The molecule has 1 amide bonds. The van der Waals surface area contributed by atoms with Gasteiger partial charge < -0.3 is 10.1 Å². The molecule has 8 heteroatoms. The lowest BCUT2D eigenvalue weighted by Crippen LogP contribution is -2.30. The number of sulfone groups is 1. The van der Waals surface area contributed by atoms with Gasteiger partial charge in [0.25, 0.3) is 5.91 Å². The molecule has 1 atom stereocenters. The molecule has 0 aromatic heterocycles. The standard InChI is InChI=1S/C18H18BrNO5S/c1-25-17(21)11-16(13-4-3-5-14(19)10-13)20-18(22)12-6-8-15(9-7-12)26(2,23)24/h3-10,16H,11H2,1-2H3,(H,20,22). The molecule has 26 heavy (non-hydrogen) atoms. The molecule has 0 aliphatic heterocycles. The van der Waals surface area contributed by atoms with Crippen molar-refractivity contribution < 1.29 is 22.7 Å². The first-order valence-corrected chi connectivity index (χ1v) is 10.3. The van der Waals surface area contributed by atoms with E-state index in [2.05, 4.69) is 21.2 Å². The van der Waals surface area contributed by atoms with Crippen molar-refractivity contribution in [1.82, 2.24) is 5.32 Å². The molecular weight excluding hydrogens is 422 g/mol. The Bertz CT molecular complexity index is 909. The van der Waals surface area contributed by atoms with Gasteiger partial charge in [-0.25, -0.2) is 8.42 Å². The molecule has 0 fully saturated rings. The Morgan fingerprint density at radius 1 is 1.15 bits per heavy atom. The molecule has 0 radical (unpaired) electrons. The number of hydrogen-bond donors (Lipinski definition) is 1. The molecule has 138 valence electrons. The molecule has 0 aliphatic rings. The minimum absolute atomic E-state index is 0.0277. The van der Waals surface area contributed by atoms with Gasteiger partial charge in [0.15, 0.2) is 9.84 Å². The highest BCUT2D eigenvalue weighted by atomic mass is 79.9. The zero-order chi connectivity index (χ0) is 19.3. The molecule has 0 bridgehead atoms. The minimum atomic E-state index is -3.33. The van der Waals surface area contributed by atoms with Crippen molar-refractivity contribution in [3.63, 3.8) is 0 Å². The second kappa shape index (κ2) is 8.46. The summed E-state index contributed by atoms with van der Waals surface area (Å²) >= 11 is 3.37. The van der Waals surface area contributed by atoms with Crippen LogP contribution in [-0.4, -0.2) is 33.7 Å². The number of amides is 1. The molecule has 0 aliphatic carbocycles. The third-order valence-corrected chi connectivity index (χ3v) is 5.32. The van der Waals surface area contributed by atoms with E-state index in [1.54, 1.807) is 18.2 Å². The summed E-state index contributed by atoms with van der Waals surface area (Å²) in [5, 5.41) is 2.79. The van der Waals surface area contributed by atoms with Crippen LogP contribution in [0.5, 0.6) is 0 Å². The highest BCUT2D eigenvalue weighted by molar-refractivity contribution is 9.10. The van der Waals surface area contributed by atoms with E-state index in [0.717, 1.165) is 16.3 Å². The van der Waals surface area contributed by atoms with Crippen molar-refractivity contribution in [2.75, 3.05) is 13.4 Å². The normalized spacial score (nSPS) is 12.3. The van der Waals surface area contributed by atoms with E-state index in [-0.39, 0.29) is 11.3 Å². The molecule has 0 saturated heterocycles. The van der Waals surface area contributed by atoms with Crippen LogP contribution in [-0.2, 0) is 19.4 Å². The maximum Gasteiger partial charge on any atom is 0.307 e. The fourth-order valence-corrected chi connectivity index (χ4v) is 3.37. The van der Waals surface area contributed by atoms with Gasteiger partial charge >= 0.3 is 5.97 Å². The molecule has 2 rings (SSSR count).